The summed E-state index contributed by atoms with van der Waals surface area (Å²) < 4.78 is 1.17. The van der Waals surface area contributed by atoms with Crippen molar-refractivity contribution in [2.24, 2.45) is 12.0 Å². The lowest BCUT2D eigenvalue weighted by atomic mass is 10.2. The number of nitrogen functional groups attached to an aromatic ring is 1. The summed E-state index contributed by atoms with van der Waals surface area (Å²) >= 11 is 3.25. The quantitative estimate of drug-likeness (QED) is 0.282. The van der Waals surface area contributed by atoms with Crippen molar-refractivity contribution in [3.8, 4) is 21.8 Å². The molecule has 0 aliphatic carbocycles. The van der Waals surface area contributed by atoms with Gasteiger partial charge in [-0.25, -0.2) is 0 Å². The van der Waals surface area contributed by atoms with Gasteiger partial charge in [-0.1, -0.05) is 30.3 Å². The van der Waals surface area contributed by atoms with Gasteiger partial charge in [-0.05, 0) is 12.3 Å². The highest BCUT2D eigenvalue weighted by Crippen LogP contribution is 2.43. The van der Waals surface area contributed by atoms with Crippen LogP contribution in [0.4, 0.5) is 0 Å². The van der Waals surface area contributed by atoms with Crippen molar-refractivity contribution < 1.29 is 0 Å². The third kappa shape index (κ3) is 3.61. The number of thiophene rings is 1. The van der Waals surface area contributed by atoms with E-state index in [-0.39, 0.29) is 28.7 Å². The Bertz CT molecular complexity index is 824. The number of aromatic nitrogens is 1. The number of nitrogens with zero attached hydrogens (tertiary/aromatic N) is 1. The second-order valence-corrected chi connectivity index (χ2v) is 8.64. The molecule has 0 spiro atoms. The van der Waals surface area contributed by atoms with Gasteiger partial charge in [-0.15, -0.1) is 35.5 Å². The predicted molar refractivity (Wildman–Crippen MR) is 106 cm³/mol. The number of hydrogen-bond acceptors (Lipinski definition) is 4. The molecule has 0 radical (unpaired) electrons. The SMILES string of the molecule is CSc1sc(C(=N)N)cc1-c1nc(-c2ccccc2)c[s+]1C.Cl. The van der Waals surface area contributed by atoms with Gasteiger partial charge in [-0.2, -0.15) is 4.98 Å². The van der Waals surface area contributed by atoms with Gasteiger partial charge in [0.25, 0.3) is 5.01 Å². The Morgan fingerprint density at radius 2 is 2.00 bits per heavy atom. The van der Waals surface area contributed by atoms with Crippen LogP contribution in [0.15, 0.2) is 46.0 Å². The third-order valence-corrected chi connectivity index (χ3v) is 7.07. The molecule has 2 aromatic heterocycles. The summed E-state index contributed by atoms with van der Waals surface area (Å²) in [5, 5.41) is 11.0. The average Bonchev–Trinajstić information content (AvgIpc) is 3.11. The van der Waals surface area contributed by atoms with Crippen LogP contribution in [0.5, 0.6) is 0 Å². The lowest BCUT2D eigenvalue weighted by Crippen LogP contribution is -2.08. The Hall–Kier alpha value is -1.34. The monoisotopic (exact) mass is 382 g/mol. The van der Waals surface area contributed by atoms with Crippen molar-refractivity contribution in [2.45, 2.75) is 4.21 Å². The number of nitrogens with two attached hydrogens (primary N) is 1. The summed E-state index contributed by atoms with van der Waals surface area (Å²) in [6, 6.07) is 12.2. The van der Waals surface area contributed by atoms with Crippen LogP contribution in [0.2, 0.25) is 0 Å². The molecule has 0 saturated carbocycles. The lowest BCUT2D eigenvalue weighted by molar-refractivity contribution is 1.39. The van der Waals surface area contributed by atoms with E-state index in [9.17, 15) is 0 Å². The van der Waals surface area contributed by atoms with Gasteiger partial charge in [-0.3, -0.25) is 5.41 Å². The van der Waals surface area contributed by atoms with Crippen molar-refractivity contribution in [1.82, 2.24) is 4.98 Å². The van der Waals surface area contributed by atoms with E-state index in [0.29, 0.717) is 0 Å². The summed E-state index contributed by atoms with van der Waals surface area (Å²) in [6.07, 6.45) is 4.23. The number of thiazole rings is 1. The molecule has 2 heterocycles. The summed E-state index contributed by atoms with van der Waals surface area (Å²) in [5.74, 6) is 0.123. The fraction of sp³-hybridized carbons (Fsp3) is 0.125. The first-order valence-electron chi connectivity index (χ1n) is 6.63. The fourth-order valence-electron chi connectivity index (χ4n) is 2.21. The molecule has 7 heteroatoms. The molecule has 1 atom stereocenters. The summed E-state index contributed by atoms with van der Waals surface area (Å²) in [4.78, 5) is 5.68. The zero-order valence-electron chi connectivity index (χ0n) is 12.7. The van der Waals surface area contributed by atoms with E-state index in [4.69, 9.17) is 16.1 Å². The van der Waals surface area contributed by atoms with E-state index in [2.05, 4.69) is 23.8 Å². The molecule has 0 fully saturated rings. The van der Waals surface area contributed by atoms with Gasteiger partial charge < -0.3 is 5.73 Å². The molecule has 0 amide bonds. The van der Waals surface area contributed by atoms with Crippen LogP contribution in [0, 0.1) is 5.41 Å². The van der Waals surface area contributed by atoms with Gasteiger partial charge in [0.2, 0.25) is 0 Å². The van der Waals surface area contributed by atoms with Crippen molar-refractivity contribution >= 4 is 51.8 Å². The second-order valence-electron chi connectivity index (χ2n) is 4.77. The topological polar surface area (TPSA) is 62.8 Å². The van der Waals surface area contributed by atoms with Crippen molar-refractivity contribution in [3.05, 3.63) is 46.7 Å². The summed E-state index contributed by atoms with van der Waals surface area (Å²) in [7, 11) is -0.0339. The number of hydrogen-bond donors (Lipinski definition) is 2. The molecule has 0 aliphatic rings. The first-order valence-corrected chi connectivity index (χ1v) is 10.4. The molecule has 0 aliphatic heterocycles. The molecule has 0 saturated heterocycles. The Kier molecular flexibility index (Phi) is 5.86. The number of rotatable bonds is 4. The molecule has 1 aromatic carbocycles. The van der Waals surface area contributed by atoms with Gasteiger partial charge in [0.1, 0.15) is 17.8 Å². The fourth-order valence-corrected chi connectivity index (χ4v) is 5.46. The van der Waals surface area contributed by atoms with Crippen LogP contribution < -0.4 is 5.73 Å². The molecular formula is C16H17ClN3S3+. The predicted octanol–water partition coefficient (Wildman–Crippen LogP) is 5.19. The Morgan fingerprint density at radius 1 is 1.30 bits per heavy atom. The molecule has 3 nitrogen and oxygen atoms in total. The number of nitrogens with one attached hydrogen (secondary N) is 1. The van der Waals surface area contributed by atoms with E-state index < -0.39 is 0 Å². The first kappa shape index (κ1) is 18.0. The number of amidine groups is 1. The Balaban J connectivity index is 0.00000192. The maximum atomic E-state index is 7.64. The Morgan fingerprint density at radius 3 is 2.61 bits per heavy atom. The third-order valence-electron chi connectivity index (χ3n) is 3.26. The van der Waals surface area contributed by atoms with E-state index >= 15 is 0 Å². The van der Waals surface area contributed by atoms with Gasteiger partial charge in [0, 0.05) is 16.0 Å². The Labute approximate surface area is 152 Å². The van der Waals surface area contributed by atoms with Crippen molar-refractivity contribution in [2.75, 3.05) is 6.26 Å². The molecule has 1 unspecified atom stereocenters. The lowest BCUT2D eigenvalue weighted by Gasteiger charge is -1.93. The summed E-state index contributed by atoms with van der Waals surface area (Å²) in [5.41, 5.74) is 8.93. The second kappa shape index (κ2) is 7.49. The molecule has 3 N–H and O–H groups in total. The molecule has 23 heavy (non-hydrogen) atoms. The van der Waals surface area contributed by atoms with E-state index in [0.717, 1.165) is 26.7 Å². The molecular weight excluding hydrogens is 366 g/mol. The van der Waals surface area contributed by atoms with Crippen LogP contribution in [0.1, 0.15) is 4.88 Å². The van der Waals surface area contributed by atoms with Crippen LogP contribution in [0.25, 0.3) is 21.8 Å². The maximum absolute atomic E-state index is 7.64. The number of benzene rings is 1. The van der Waals surface area contributed by atoms with Crippen LogP contribution in [-0.4, -0.2) is 17.1 Å². The highest BCUT2D eigenvalue weighted by atomic mass is 35.5. The number of halogens is 1. The van der Waals surface area contributed by atoms with E-state index in [1.165, 1.54) is 4.21 Å². The highest BCUT2D eigenvalue weighted by molar-refractivity contribution is 8.00. The van der Waals surface area contributed by atoms with Crippen molar-refractivity contribution in [1.29, 1.82) is 5.41 Å². The van der Waals surface area contributed by atoms with Crippen LogP contribution in [0.3, 0.4) is 0 Å². The number of aryl methyl sites for hydroxylation is 1. The van der Waals surface area contributed by atoms with Gasteiger partial charge in [0.15, 0.2) is 5.38 Å². The average molecular weight is 383 g/mol. The normalized spacial score (nSPS) is 11.1. The summed E-state index contributed by atoms with van der Waals surface area (Å²) in [6.45, 7) is 0. The number of thioether (sulfide) groups is 1. The van der Waals surface area contributed by atoms with Crippen molar-refractivity contribution in [3.63, 3.8) is 0 Å². The first-order chi connectivity index (χ1) is 10.6. The largest absolute Gasteiger partial charge is 0.383 e. The van der Waals surface area contributed by atoms with E-state index in [1.807, 2.05) is 30.5 Å². The minimum absolute atomic E-state index is 0. The highest BCUT2D eigenvalue weighted by Gasteiger charge is 2.23. The van der Waals surface area contributed by atoms with Gasteiger partial charge >= 0.3 is 0 Å². The zero-order chi connectivity index (χ0) is 15.7. The molecule has 120 valence electrons. The molecule has 3 aromatic rings. The smallest absolute Gasteiger partial charge is 0.276 e. The molecule has 0 bridgehead atoms. The zero-order valence-corrected chi connectivity index (χ0v) is 16.0. The van der Waals surface area contributed by atoms with E-state index in [1.54, 1.807) is 23.1 Å². The molecule has 3 rings (SSSR count). The standard InChI is InChI=1S/C16H16N3S3.ClH/c1-20-16-11(8-13(21-16)14(17)18)15-19-12(9-22(15)2)10-6-4-3-5-7-10;/h3-9H,1-2H3,(H3,17,18);1H/q+1;. The maximum Gasteiger partial charge on any atom is 0.276 e. The van der Waals surface area contributed by atoms with Gasteiger partial charge in [0.05, 0.1) is 14.6 Å². The van der Waals surface area contributed by atoms with Crippen LogP contribution in [-0.2, 0) is 6.26 Å². The minimum atomic E-state index is -0.0339. The van der Waals surface area contributed by atoms with Crippen LogP contribution >= 0.6 is 46.0 Å². The minimum Gasteiger partial charge on any atom is -0.383 e.